The highest BCUT2D eigenvalue weighted by Gasteiger charge is 2.65. The minimum absolute atomic E-state index is 0.906. The van der Waals surface area contributed by atoms with Gasteiger partial charge in [0.1, 0.15) is 0 Å². The maximum atomic E-state index is 12.3. The van der Waals surface area contributed by atoms with E-state index in [1.807, 2.05) is 0 Å². The molecule has 1 rings (SSSR count). The molecule has 10 nitrogen and oxygen atoms in total. The average Bonchev–Trinajstić information content (AvgIpc) is 3.00. The summed E-state index contributed by atoms with van der Waals surface area (Å²) in [6, 6.07) is 0. The molecule has 0 amide bonds. The fourth-order valence-corrected chi connectivity index (χ4v) is 3.40. The summed E-state index contributed by atoms with van der Waals surface area (Å²) in [5.74, 6) is -10.5. The first-order valence-corrected chi connectivity index (χ1v) is 7.32. The van der Waals surface area contributed by atoms with E-state index >= 15 is 0 Å². The van der Waals surface area contributed by atoms with E-state index in [2.05, 4.69) is 18.9 Å². The molecule has 1 unspecified atom stereocenters. The number of ether oxygens (including phenoxy) is 5. The highest BCUT2D eigenvalue weighted by molar-refractivity contribution is 5.93. The van der Waals surface area contributed by atoms with E-state index in [-0.39, 0.29) is 0 Å². The summed E-state index contributed by atoms with van der Waals surface area (Å²) < 4.78 is 23.6. The van der Waals surface area contributed by atoms with Gasteiger partial charge in [-0.1, -0.05) is 0 Å². The molecular weight excluding hydrogens is 340 g/mol. The zero-order valence-electron chi connectivity index (χ0n) is 14.6. The van der Waals surface area contributed by atoms with Gasteiger partial charge in [-0.05, 0) is 0 Å². The Morgan fingerprint density at radius 1 is 0.640 bits per heavy atom. The number of methoxy groups -OCH3 is 5. The Labute approximate surface area is 144 Å². The lowest BCUT2D eigenvalue weighted by molar-refractivity contribution is -0.175. The summed E-state index contributed by atoms with van der Waals surface area (Å²) in [5, 5.41) is 10.2. The Bertz CT molecular complexity index is 488. The maximum Gasteiger partial charge on any atom is 0.310 e. The molecule has 142 valence electrons. The predicted octanol–water partition coefficient (Wildman–Crippen LogP) is -1.26. The molecule has 10 heteroatoms. The van der Waals surface area contributed by atoms with Crippen molar-refractivity contribution in [3.8, 4) is 0 Å². The highest BCUT2D eigenvalue weighted by atomic mass is 16.6. The Balaban J connectivity index is 3.62. The number of aliphatic hydroxyl groups excluding tert-OH is 1. The Morgan fingerprint density at radius 3 is 1.16 bits per heavy atom. The molecule has 0 aromatic rings. The third-order valence-electron chi connectivity index (χ3n) is 4.45. The van der Waals surface area contributed by atoms with Crippen LogP contribution in [0.25, 0.3) is 0 Å². The molecule has 0 aliphatic heterocycles. The molecule has 1 saturated carbocycles. The molecule has 0 aromatic carbocycles. The Morgan fingerprint density at radius 2 is 0.920 bits per heavy atom. The van der Waals surface area contributed by atoms with Crippen LogP contribution in [0.5, 0.6) is 0 Å². The fraction of sp³-hybridized carbons (Fsp3) is 0.733. The van der Waals surface area contributed by atoms with Crippen LogP contribution >= 0.6 is 0 Å². The van der Waals surface area contributed by atoms with Crippen molar-refractivity contribution >= 4 is 23.9 Å². The van der Waals surface area contributed by atoms with Gasteiger partial charge < -0.3 is 28.8 Å². The van der Waals surface area contributed by atoms with Gasteiger partial charge in [0.05, 0.1) is 52.1 Å². The summed E-state index contributed by atoms with van der Waals surface area (Å²) in [6.45, 7) is 0. The topological polar surface area (TPSA) is 135 Å². The number of hydrogen-bond acceptors (Lipinski definition) is 10. The standard InChI is InChI=1S/C15H22O10/c1-21-11(16)6-7(12(17)22-2)9(14(19)24-4)10(15(20)25-5)8(6)13(18)23-3/h6-11,16H,1-5H3/t6?,7-,8-,9-,10+,11-/m1/s1. The van der Waals surface area contributed by atoms with Crippen molar-refractivity contribution in [1.29, 1.82) is 0 Å². The first kappa shape index (κ1) is 20.8. The van der Waals surface area contributed by atoms with Gasteiger partial charge in [0.25, 0.3) is 0 Å². The Hall–Kier alpha value is -2.20. The van der Waals surface area contributed by atoms with Gasteiger partial charge >= 0.3 is 23.9 Å². The number of esters is 4. The third-order valence-corrected chi connectivity index (χ3v) is 4.45. The van der Waals surface area contributed by atoms with Crippen molar-refractivity contribution in [3.05, 3.63) is 0 Å². The number of rotatable bonds is 6. The second kappa shape index (κ2) is 8.77. The molecule has 6 atom stereocenters. The minimum atomic E-state index is -1.64. The smallest absolute Gasteiger partial charge is 0.310 e. The molecule has 1 aliphatic rings. The van der Waals surface area contributed by atoms with Gasteiger partial charge in [0, 0.05) is 13.0 Å². The summed E-state index contributed by atoms with van der Waals surface area (Å²) in [7, 11) is 5.43. The van der Waals surface area contributed by atoms with Crippen molar-refractivity contribution in [2.45, 2.75) is 6.29 Å². The van der Waals surface area contributed by atoms with Crippen LogP contribution < -0.4 is 0 Å². The molecule has 1 N–H and O–H groups in total. The maximum absolute atomic E-state index is 12.3. The monoisotopic (exact) mass is 362 g/mol. The van der Waals surface area contributed by atoms with E-state index in [0.717, 1.165) is 35.5 Å². The molecule has 1 aliphatic carbocycles. The predicted molar refractivity (Wildman–Crippen MR) is 78.5 cm³/mol. The van der Waals surface area contributed by atoms with E-state index in [1.165, 1.54) is 0 Å². The van der Waals surface area contributed by atoms with Crippen molar-refractivity contribution < 1.29 is 48.0 Å². The molecule has 1 fully saturated rings. The highest BCUT2D eigenvalue weighted by Crippen LogP contribution is 2.50. The normalized spacial score (nSPS) is 27.3. The van der Waals surface area contributed by atoms with Gasteiger partial charge in [-0.15, -0.1) is 0 Å². The van der Waals surface area contributed by atoms with Gasteiger partial charge in [-0.25, -0.2) is 0 Å². The lowest BCUT2D eigenvalue weighted by Crippen LogP contribution is -2.40. The molecule has 0 bridgehead atoms. The van der Waals surface area contributed by atoms with E-state index < -0.39 is 59.8 Å². The van der Waals surface area contributed by atoms with Gasteiger partial charge in [-0.2, -0.15) is 0 Å². The summed E-state index contributed by atoms with van der Waals surface area (Å²) in [4.78, 5) is 49.1. The molecular formula is C15H22O10. The number of carbonyl (C=O) groups is 4. The summed E-state index contributed by atoms with van der Waals surface area (Å²) in [5.41, 5.74) is 0. The van der Waals surface area contributed by atoms with Crippen LogP contribution in [0.3, 0.4) is 0 Å². The van der Waals surface area contributed by atoms with Crippen LogP contribution in [0.1, 0.15) is 0 Å². The molecule has 0 radical (unpaired) electrons. The lowest BCUT2D eigenvalue weighted by atomic mass is 9.86. The van der Waals surface area contributed by atoms with E-state index in [4.69, 9.17) is 4.74 Å². The first-order valence-electron chi connectivity index (χ1n) is 7.32. The van der Waals surface area contributed by atoms with Crippen LogP contribution in [-0.2, 0) is 42.9 Å². The van der Waals surface area contributed by atoms with Crippen LogP contribution in [-0.4, -0.2) is 70.8 Å². The fourth-order valence-electron chi connectivity index (χ4n) is 3.40. The molecule has 0 aromatic heterocycles. The zero-order chi connectivity index (χ0) is 19.3. The van der Waals surface area contributed by atoms with Crippen LogP contribution in [0, 0.1) is 29.6 Å². The molecule has 0 heterocycles. The van der Waals surface area contributed by atoms with Crippen LogP contribution in [0.4, 0.5) is 0 Å². The van der Waals surface area contributed by atoms with Gasteiger partial charge in [0.2, 0.25) is 0 Å². The van der Waals surface area contributed by atoms with Crippen LogP contribution in [0.15, 0.2) is 0 Å². The summed E-state index contributed by atoms with van der Waals surface area (Å²) in [6.07, 6.45) is -1.64. The van der Waals surface area contributed by atoms with Gasteiger partial charge in [-0.3, -0.25) is 19.2 Å². The SMILES string of the molecule is COC(=O)[C@@H]1[C@H](C(=O)OC)[C@H](C(=O)OC)C([C@H](O)OC)[C@H]1C(=O)OC. The quantitative estimate of drug-likeness (QED) is 0.346. The van der Waals surface area contributed by atoms with Crippen molar-refractivity contribution in [3.63, 3.8) is 0 Å². The van der Waals surface area contributed by atoms with Crippen molar-refractivity contribution in [1.82, 2.24) is 0 Å². The minimum Gasteiger partial charge on any atom is -0.469 e. The summed E-state index contributed by atoms with van der Waals surface area (Å²) >= 11 is 0. The van der Waals surface area contributed by atoms with Crippen LogP contribution in [0.2, 0.25) is 0 Å². The van der Waals surface area contributed by atoms with E-state index in [1.54, 1.807) is 0 Å². The number of hydrogen-bond donors (Lipinski definition) is 1. The third kappa shape index (κ3) is 3.74. The first-order chi connectivity index (χ1) is 11.8. The van der Waals surface area contributed by atoms with Crippen molar-refractivity contribution in [2.75, 3.05) is 35.5 Å². The molecule has 25 heavy (non-hydrogen) atoms. The largest absolute Gasteiger partial charge is 0.469 e. The number of carbonyl (C=O) groups excluding carboxylic acids is 4. The molecule has 0 spiro atoms. The molecule has 0 saturated heterocycles. The van der Waals surface area contributed by atoms with Gasteiger partial charge in [0.15, 0.2) is 6.29 Å². The lowest BCUT2D eigenvalue weighted by Gasteiger charge is -2.26. The number of aliphatic hydroxyl groups is 1. The van der Waals surface area contributed by atoms with Crippen molar-refractivity contribution in [2.24, 2.45) is 29.6 Å². The average molecular weight is 362 g/mol. The second-order valence-electron chi connectivity index (χ2n) is 5.40. The second-order valence-corrected chi connectivity index (χ2v) is 5.40. The van der Waals surface area contributed by atoms with E-state index in [0.29, 0.717) is 0 Å². The zero-order valence-corrected chi connectivity index (χ0v) is 14.6. The Kier molecular flexibility index (Phi) is 7.31. The van der Waals surface area contributed by atoms with E-state index in [9.17, 15) is 24.3 Å².